The fourth-order valence-corrected chi connectivity index (χ4v) is 4.44. The van der Waals surface area contributed by atoms with Crippen LogP contribution in [0.1, 0.15) is 21.5 Å². The Hall–Kier alpha value is -2.70. The second-order valence-electron chi connectivity index (χ2n) is 6.40. The number of benzene rings is 3. The SMILES string of the molecule is COc1ccccc1/C=C(\C(=O)c1ccc(Br)cc1)S(=O)(=O)c1ccc(C)cc1. The second kappa shape index (κ2) is 8.76. The Balaban J connectivity index is 2.20. The number of carbonyl (C=O) groups excluding carboxylic acids is 1. The van der Waals surface area contributed by atoms with Crippen LogP contribution in [0.3, 0.4) is 0 Å². The van der Waals surface area contributed by atoms with E-state index in [1.54, 1.807) is 60.7 Å². The van der Waals surface area contributed by atoms with Crippen molar-refractivity contribution >= 4 is 37.6 Å². The molecule has 3 aromatic carbocycles. The van der Waals surface area contributed by atoms with E-state index >= 15 is 0 Å². The van der Waals surface area contributed by atoms with Crippen LogP contribution in [-0.2, 0) is 9.84 Å². The highest BCUT2D eigenvalue weighted by molar-refractivity contribution is 9.10. The molecule has 0 unspecified atom stereocenters. The minimum atomic E-state index is -4.05. The molecule has 0 aliphatic rings. The molecule has 0 heterocycles. The van der Waals surface area contributed by atoms with Gasteiger partial charge in [0.15, 0.2) is 0 Å². The summed E-state index contributed by atoms with van der Waals surface area (Å²) in [6, 6.07) is 20.0. The van der Waals surface area contributed by atoms with Crippen LogP contribution in [0.4, 0.5) is 0 Å². The molecule has 0 radical (unpaired) electrons. The first-order valence-electron chi connectivity index (χ1n) is 8.79. The monoisotopic (exact) mass is 470 g/mol. The van der Waals surface area contributed by atoms with E-state index in [0.717, 1.165) is 10.0 Å². The highest BCUT2D eigenvalue weighted by Crippen LogP contribution is 2.29. The highest BCUT2D eigenvalue weighted by Gasteiger charge is 2.28. The van der Waals surface area contributed by atoms with E-state index in [0.29, 0.717) is 11.3 Å². The van der Waals surface area contributed by atoms with Crippen LogP contribution >= 0.6 is 15.9 Å². The average molecular weight is 471 g/mol. The zero-order chi connectivity index (χ0) is 21.0. The molecule has 0 aromatic heterocycles. The Bertz CT molecular complexity index is 1160. The minimum absolute atomic E-state index is 0.0645. The molecule has 0 aliphatic heterocycles. The maximum absolute atomic E-state index is 13.4. The number of carbonyl (C=O) groups is 1. The zero-order valence-electron chi connectivity index (χ0n) is 15.9. The molecule has 3 rings (SSSR count). The minimum Gasteiger partial charge on any atom is -0.496 e. The number of sulfone groups is 1. The number of Topliss-reactive ketones (excluding diaryl/α,β-unsaturated/α-hetero) is 1. The molecule has 0 bridgehead atoms. The highest BCUT2D eigenvalue weighted by atomic mass is 79.9. The molecule has 0 fully saturated rings. The lowest BCUT2D eigenvalue weighted by atomic mass is 10.1. The summed E-state index contributed by atoms with van der Waals surface area (Å²) in [5, 5.41) is 0. The van der Waals surface area contributed by atoms with E-state index in [4.69, 9.17) is 4.74 Å². The van der Waals surface area contributed by atoms with Crippen LogP contribution in [0.25, 0.3) is 6.08 Å². The molecule has 4 nitrogen and oxygen atoms in total. The third-order valence-corrected chi connectivity index (χ3v) is 6.68. The first-order valence-corrected chi connectivity index (χ1v) is 11.1. The molecule has 3 aromatic rings. The van der Waals surface area contributed by atoms with Gasteiger partial charge in [-0.05, 0) is 55.5 Å². The summed E-state index contributed by atoms with van der Waals surface area (Å²) in [6.45, 7) is 1.87. The van der Waals surface area contributed by atoms with E-state index in [1.807, 2.05) is 6.92 Å². The molecular weight excluding hydrogens is 452 g/mol. The fraction of sp³-hybridized carbons (Fsp3) is 0.0870. The smallest absolute Gasteiger partial charge is 0.210 e. The number of para-hydroxylation sites is 1. The van der Waals surface area contributed by atoms with Gasteiger partial charge in [0.25, 0.3) is 0 Å². The summed E-state index contributed by atoms with van der Waals surface area (Å²) in [5.74, 6) is -0.100. The first-order chi connectivity index (χ1) is 13.8. The summed E-state index contributed by atoms with van der Waals surface area (Å²) < 4.78 is 32.9. The summed E-state index contributed by atoms with van der Waals surface area (Å²) in [6.07, 6.45) is 1.37. The van der Waals surface area contributed by atoms with E-state index < -0.39 is 15.6 Å². The van der Waals surface area contributed by atoms with E-state index in [-0.39, 0.29) is 15.4 Å². The van der Waals surface area contributed by atoms with Crippen molar-refractivity contribution in [2.75, 3.05) is 7.11 Å². The van der Waals surface area contributed by atoms with E-state index in [2.05, 4.69) is 15.9 Å². The van der Waals surface area contributed by atoms with Crippen molar-refractivity contribution in [2.24, 2.45) is 0 Å². The van der Waals surface area contributed by atoms with Gasteiger partial charge in [-0.3, -0.25) is 4.79 Å². The van der Waals surface area contributed by atoms with Gasteiger partial charge in [-0.15, -0.1) is 0 Å². The number of hydrogen-bond donors (Lipinski definition) is 0. The lowest BCUT2D eigenvalue weighted by Crippen LogP contribution is -2.14. The van der Waals surface area contributed by atoms with Crippen LogP contribution in [-0.4, -0.2) is 21.3 Å². The first kappa shape index (κ1) is 21.0. The predicted molar refractivity (Wildman–Crippen MR) is 118 cm³/mol. The number of hydrogen-bond acceptors (Lipinski definition) is 4. The maximum Gasteiger partial charge on any atom is 0.210 e. The molecule has 0 aliphatic carbocycles. The van der Waals surface area contributed by atoms with Gasteiger partial charge >= 0.3 is 0 Å². The van der Waals surface area contributed by atoms with Crippen molar-refractivity contribution in [3.63, 3.8) is 0 Å². The van der Waals surface area contributed by atoms with Gasteiger partial charge in [0.2, 0.25) is 15.6 Å². The van der Waals surface area contributed by atoms with Gasteiger partial charge in [-0.2, -0.15) is 0 Å². The van der Waals surface area contributed by atoms with Gasteiger partial charge in [-0.1, -0.05) is 51.8 Å². The number of rotatable bonds is 6. The van der Waals surface area contributed by atoms with Gasteiger partial charge in [0.1, 0.15) is 10.7 Å². The Morgan fingerprint density at radius 2 is 1.55 bits per heavy atom. The van der Waals surface area contributed by atoms with Crippen LogP contribution in [0.15, 0.2) is 87.1 Å². The number of allylic oxidation sites excluding steroid dienone is 1. The molecule has 6 heteroatoms. The maximum atomic E-state index is 13.4. The molecule has 0 N–H and O–H groups in total. The summed E-state index contributed by atoms with van der Waals surface area (Å²) >= 11 is 3.33. The number of halogens is 1. The molecule has 0 amide bonds. The number of ketones is 1. The molecule has 0 spiro atoms. The molecule has 0 saturated heterocycles. The predicted octanol–water partition coefficient (Wildman–Crippen LogP) is 5.46. The van der Waals surface area contributed by atoms with Gasteiger partial charge < -0.3 is 4.74 Å². The van der Waals surface area contributed by atoms with Crippen LogP contribution in [0.5, 0.6) is 5.75 Å². The van der Waals surface area contributed by atoms with Crippen LogP contribution in [0, 0.1) is 6.92 Å². The van der Waals surface area contributed by atoms with Crippen molar-refractivity contribution in [2.45, 2.75) is 11.8 Å². The quantitative estimate of drug-likeness (QED) is 0.354. The Kier molecular flexibility index (Phi) is 6.35. The molecule has 148 valence electrons. The average Bonchev–Trinajstić information content (AvgIpc) is 2.72. The Morgan fingerprint density at radius 3 is 2.17 bits per heavy atom. The summed E-state index contributed by atoms with van der Waals surface area (Å²) in [7, 11) is -2.56. The number of ether oxygens (including phenoxy) is 1. The van der Waals surface area contributed by atoms with Crippen LogP contribution in [0.2, 0.25) is 0 Å². The van der Waals surface area contributed by atoms with E-state index in [9.17, 15) is 13.2 Å². The fourth-order valence-electron chi connectivity index (χ4n) is 2.78. The van der Waals surface area contributed by atoms with E-state index in [1.165, 1.54) is 25.3 Å². The molecule has 0 saturated carbocycles. The van der Waals surface area contributed by atoms with Crippen molar-refractivity contribution in [3.05, 3.63) is 98.9 Å². The lowest BCUT2D eigenvalue weighted by molar-refractivity contribution is 0.104. The Labute approximate surface area is 178 Å². The third kappa shape index (κ3) is 4.66. The second-order valence-corrected chi connectivity index (χ2v) is 9.24. The largest absolute Gasteiger partial charge is 0.496 e. The summed E-state index contributed by atoms with van der Waals surface area (Å²) in [4.78, 5) is 13.0. The molecule has 29 heavy (non-hydrogen) atoms. The van der Waals surface area contributed by atoms with Crippen LogP contribution < -0.4 is 4.74 Å². The number of aryl methyl sites for hydroxylation is 1. The van der Waals surface area contributed by atoms with Gasteiger partial charge in [0.05, 0.1) is 12.0 Å². The van der Waals surface area contributed by atoms with Gasteiger partial charge in [0, 0.05) is 15.6 Å². The lowest BCUT2D eigenvalue weighted by Gasteiger charge is -2.11. The topological polar surface area (TPSA) is 60.4 Å². The summed E-state index contributed by atoms with van der Waals surface area (Å²) in [5.41, 5.74) is 1.72. The third-order valence-electron chi connectivity index (χ3n) is 4.38. The molecular formula is C23H19BrO4S. The van der Waals surface area contributed by atoms with Crippen molar-refractivity contribution in [1.29, 1.82) is 0 Å². The molecule has 0 atom stereocenters. The normalized spacial score (nSPS) is 11.9. The zero-order valence-corrected chi connectivity index (χ0v) is 18.3. The number of methoxy groups -OCH3 is 1. The van der Waals surface area contributed by atoms with Crippen molar-refractivity contribution in [1.82, 2.24) is 0 Å². The Morgan fingerprint density at radius 1 is 0.931 bits per heavy atom. The van der Waals surface area contributed by atoms with Crippen molar-refractivity contribution in [3.8, 4) is 5.75 Å². The van der Waals surface area contributed by atoms with Crippen molar-refractivity contribution < 1.29 is 17.9 Å². The standard InChI is InChI=1S/C23H19BrO4S/c1-16-7-13-20(14-8-16)29(26,27)22(15-18-5-3-4-6-21(18)28-2)23(25)17-9-11-19(24)12-10-17/h3-15H,1-2H3/b22-15+. The van der Waals surface area contributed by atoms with Gasteiger partial charge in [-0.25, -0.2) is 8.42 Å².